The van der Waals surface area contributed by atoms with Gasteiger partial charge in [-0.15, -0.1) is 0 Å². The van der Waals surface area contributed by atoms with Crippen molar-refractivity contribution >= 4 is 22.6 Å². The van der Waals surface area contributed by atoms with Crippen LogP contribution in [-0.2, 0) is 17.9 Å². The monoisotopic (exact) mass is 267 g/mol. The van der Waals surface area contributed by atoms with Crippen molar-refractivity contribution in [2.24, 2.45) is 0 Å². The van der Waals surface area contributed by atoms with Crippen LogP contribution in [0, 0.1) is 6.92 Å². The lowest BCUT2D eigenvalue weighted by atomic mass is 10.1. The van der Waals surface area contributed by atoms with Crippen LogP contribution in [0.25, 0.3) is 11.0 Å². The molecule has 0 saturated heterocycles. The smallest absolute Gasteiger partial charge is 0.139 e. The maximum absolute atomic E-state index is 6.28. The number of furan rings is 1. The number of nitrogens with one attached hydrogen (secondary N) is 1. The van der Waals surface area contributed by atoms with Crippen molar-refractivity contribution in [3.05, 3.63) is 34.0 Å². The van der Waals surface area contributed by atoms with E-state index >= 15 is 0 Å². The normalized spacial score (nSPS) is 11.3. The Labute approximate surface area is 112 Å². The van der Waals surface area contributed by atoms with Gasteiger partial charge in [-0.3, -0.25) is 0 Å². The molecule has 0 aliphatic heterocycles. The molecule has 2 rings (SSSR count). The van der Waals surface area contributed by atoms with Gasteiger partial charge in [0.05, 0.1) is 18.2 Å². The molecular formula is C14H18ClNO2. The van der Waals surface area contributed by atoms with E-state index < -0.39 is 0 Å². The molecule has 1 aromatic heterocycles. The predicted molar refractivity (Wildman–Crippen MR) is 74.1 cm³/mol. The van der Waals surface area contributed by atoms with Crippen molar-refractivity contribution in [2.75, 3.05) is 13.7 Å². The Hall–Kier alpha value is -1.03. The van der Waals surface area contributed by atoms with E-state index in [2.05, 4.69) is 12.2 Å². The van der Waals surface area contributed by atoms with Gasteiger partial charge in [0.2, 0.25) is 0 Å². The van der Waals surface area contributed by atoms with Crippen molar-refractivity contribution in [2.45, 2.75) is 27.0 Å². The summed E-state index contributed by atoms with van der Waals surface area (Å²) < 4.78 is 11.2. The van der Waals surface area contributed by atoms with Gasteiger partial charge >= 0.3 is 0 Å². The van der Waals surface area contributed by atoms with Crippen LogP contribution in [0.5, 0.6) is 0 Å². The number of benzene rings is 1. The van der Waals surface area contributed by atoms with Crippen molar-refractivity contribution in [1.29, 1.82) is 0 Å². The highest BCUT2D eigenvalue weighted by molar-refractivity contribution is 6.35. The zero-order valence-electron chi connectivity index (χ0n) is 11.0. The lowest BCUT2D eigenvalue weighted by molar-refractivity contribution is 0.183. The fourth-order valence-corrected chi connectivity index (χ4v) is 2.34. The zero-order valence-corrected chi connectivity index (χ0v) is 11.7. The van der Waals surface area contributed by atoms with Crippen LogP contribution in [0.4, 0.5) is 0 Å². The van der Waals surface area contributed by atoms with Crippen LogP contribution in [0.2, 0.25) is 5.02 Å². The molecule has 0 saturated carbocycles. The number of ether oxygens (including phenoxy) is 1. The largest absolute Gasteiger partial charge is 0.459 e. The van der Waals surface area contributed by atoms with Gasteiger partial charge in [0.15, 0.2) is 0 Å². The first-order chi connectivity index (χ1) is 8.69. The summed E-state index contributed by atoms with van der Waals surface area (Å²) in [5.74, 6) is 0.907. The fourth-order valence-electron chi connectivity index (χ4n) is 2.08. The number of rotatable bonds is 5. The average molecular weight is 268 g/mol. The van der Waals surface area contributed by atoms with Gasteiger partial charge in [-0.2, -0.15) is 0 Å². The molecule has 0 radical (unpaired) electrons. The van der Waals surface area contributed by atoms with E-state index in [9.17, 15) is 0 Å². The second-order valence-corrected chi connectivity index (χ2v) is 4.69. The minimum absolute atomic E-state index is 0.511. The SMILES string of the molecule is CCNCc1oc2c(C)ccc(Cl)c2c1COC. The Kier molecular flexibility index (Phi) is 4.27. The molecule has 0 fully saturated rings. The molecular weight excluding hydrogens is 250 g/mol. The Morgan fingerprint density at radius 2 is 2.17 bits per heavy atom. The Balaban J connectivity index is 2.59. The molecule has 1 heterocycles. The summed E-state index contributed by atoms with van der Waals surface area (Å²) in [6.45, 7) is 6.19. The summed E-state index contributed by atoms with van der Waals surface area (Å²) >= 11 is 6.28. The molecule has 0 atom stereocenters. The fraction of sp³-hybridized carbons (Fsp3) is 0.429. The molecule has 98 valence electrons. The summed E-state index contributed by atoms with van der Waals surface area (Å²) in [7, 11) is 1.68. The van der Waals surface area contributed by atoms with E-state index in [0.717, 1.165) is 34.4 Å². The van der Waals surface area contributed by atoms with Crippen LogP contribution in [-0.4, -0.2) is 13.7 Å². The molecule has 1 aromatic carbocycles. The van der Waals surface area contributed by atoms with Crippen molar-refractivity contribution in [3.8, 4) is 0 Å². The van der Waals surface area contributed by atoms with Crippen LogP contribution < -0.4 is 5.32 Å². The quantitative estimate of drug-likeness (QED) is 0.898. The number of methoxy groups -OCH3 is 1. The van der Waals surface area contributed by atoms with E-state index in [0.29, 0.717) is 18.2 Å². The third kappa shape index (κ3) is 2.39. The van der Waals surface area contributed by atoms with Gasteiger partial charge in [-0.05, 0) is 25.1 Å². The van der Waals surface area contributed by atoms with Crippen LogP contribution in [0.3, 0.4) is 0 Å². The number of hydrogen-bond donors (Lipinski definition) is 1. The maximum Gasteiger partial charge on any atom is 0.139 e. The molecule has 0 unspecified atom stereocenters. The topological polar surface area (TPSA) is 34.4 Å². The second-order valence-electron chi connectivity index (χ2n) is 4.29. The lowest BCUT2D eigenvalue weighted by Crippen LogP contribution is -2.12. The number of halogens is 1. The Bertz CT molecular complexity index is 548. The Morgan fingerprint density at radius 1 is 1.39 bits per heavy atom. The minimum Gasteiger partial charge on any atom is -0.459 e. The minimum atomic E-state index is 0.511. The molecule has 3 nitrogen and oxygen atoms in total. The standard InChI is InChI=1S/C14H18ClNO2/c1-4-16-7-12-10(8-17-3)13-11(15)6-5-9(2)14(13)18-12/h5-6,16H,4,7-8H2,1-3H3. The van der Waals surface area contributed by atoms with E-state index in [1.54, 1.807) is 7.11 Å². The highest BCUT2D eigenvalue weighted by atomic mass is 35.5. The number of fused-ring (bicyclic) bond motifs is 1. The third-order valence-corrected chi connectivity index (χ3v) is 3.31. The van der Waals surface area contributed by atoms with Crippen molar-refractivity contribution in [3.63, 3.8) is 0 Å². The van der Waals surface area contributed by atoms with Crippen LogP contribution in [0.1, 0.15) is 23.8 Å². The molecule has 18 heavy (non-hydrogen) atoms. The first-order valence-corrected chi connectivity index (χ1v) is 6.45. The summed E-state index contributed by atoms with van der Waals surface area (Å²) in [4.78, 5) is 0. The van der Waals surface area contributed by atoms with Gasteiger partial charge < -0.3 is 14.5 Å². The molecule has 0 aliphatic carbocycles. The van der Waals surface area contributed by atoms with Crippen molar-refractivity contribution in [1.82, 2.24) is 5.32 Å². The van der Waals surface area contributed by atoms with Gasteiger partial charge in [-0.25, -0.2) is 0 Å². The summed E-state index contributed by atoms with van der Waals surface area (Å²) in [5.41, 5.74) is 3.00. The molecule has 4 heteroatoms. The molecule has 2 aromatic rings. The lowest BCUT2D eigenvalue weighted by Gasteiger charge is -2.03. The predicted octanol–water partition coefficient (Wildman–Crippen LogP) is 3.65. The van der Waals surface area contributed by atoms with E-state index in [4.69, 9.17) is 20.8 Å². The highest BCUT2D eigenvalue weighted by Gasteiger charge is 2.17. The van der Waals surface area contributed by atoms with Gasteiger partial charge in [0, 0.05) is 18.1 Å². The summed E-state index contributed by atoms with van der Waals surface area (Å²) in [6, 6.07) is 3.88. The molecule has 0 spiro atoms. The molecule has 1 N–H and O–H groups in total. The zero-order chi connectivity index (χ0) is 13.1. The maximum atomic E-state index is 6.28. The summed E-state index contributed by atoms with van der Waals surface area (Å²) in [5, 5.41) is 4.97. The first-order valence-electron chi connectivity index (χ1n) is 6.08. The highest BCUT2D eigenvalue weighted by Crippen LogP contribution is 2.34. The van der Waals surface area contributed by atoms with E-state index in [1.165, 1.54) is 0 Å². The van der Waals surface area contributed by atoms with Gasteiger partial charge in [0.25, 0.3) is 0 Å². The summed E-state index contributed by atoms with van der Waals surface area (Å²) in [6.07, 6.45) is 0. The van der Waals surface area contributed by atoms with Crippen LogP contribution >= 0.6 is 11.6 Å². The number of hydrogen-bond acceptors (Lipinski definition) is 3. The van der Waals surface area contributed by atoms with E-state index in [1.807, 2.05) is 19.1 Å². The molecule has 0 bridgehead atoms. The second kappa shape index (κ2) is 5.74. The van der Waals surface area contributed by atoms with Gasteiger partial charge in [-0.1, -0.05) is 24.6 Å². The Morgan fingerprint density at radius 3 is 2.83 bits per heavy atom. The molecule has 0 amide bonds. The first kappa shape index (κ1) is 13.4. The van der Waals surface area contributed by atoms with Crippen molar-refractivity contribution < 1.29 is 9.15 Å². The number of aryl methyl sites for hydroxylation is 1. The molecule has 0 aliphatic rings. The van der Waals surface area contributed by atoms with E-state index in [-0.39, 0.29) is 0 Å². The third-order valence-electron chi connectivity index (χ3n) is 2.99. The van der Waals surface area contributed by atoms with Crippen LogP contribution in [0.15, 0.2) is 16.5 Å². The van der Waals surface area contributed by atoms with Gasteiger partial charge in [0.1, 0.15) is 11.3 Å². The average Bonchev–Trinajstić information content (AvgIpc) is 2.72.